The lowest BCUT2D eigenvalue weighted by Gasteiger charge is -2.00. The number of aliphatic hydroxyl groups is 2. The van der Waals surface area contributed by atoms with E-state index in [0.29, 0.717) is 12.8 Å². The van der Waals surface area contributed by atoms with E-state index in [1.165, 1.54) is 12.5 Å². The summed E-state index contributed by atoms with van der Waals surface area (Å²) in [6.07, 6.45) is 10.3. The molecule has 3 heteroatoms. The molecule has 0 aliphatic carbocycles. The lowest BCUT2D eigenvalue weighted by Crippen LogP contribution is -1.86. The zero-order chi connectivity index (χ0) is 12.9. The van der Waals surface area contributed by atoms with Gasteiger partial charge in [-0.05, 0) is 12.8 Å². The van der Waals surface area contributed by atoms with E-state index in [9.17, 15) is 10.2 Å². The van der Waals surface area contributed by atoms with Crippen LogP contribution in [0, 0.1) is 0 Å². The quantitative estimate of drug-likeness (QED) is 0.420. The van der Waals surface area contributed by atoms with Gasteiger partial charge in [-0.1, -0.05) is 39.5 Å². The molecular weight excluding hydrogens is 216 g/mol. The van der Waals surface area contributed by atoms with Gasteiger partial charge in [0, 0.05) is 12.8 Å². The number of unbranched alkanes of at least 4 members (excludes halogenated alkanes) is 4. The molecule has 0 amide bonds. The Morgan fingerprint density at radius 3 is 1.59 bits per heavy atom. The standard InChI is InChI=1S/C14H26O3/c1-3-5-7-9-13(15)11-17-12-14(16)10-8-6-4-2/h11-12,15-16H,3-10H2,1-2H3. The normalized spacial score (nSPS) is 12.8. The van der Waals surface area contributed by atoms with E-state index in [-0.39, 0.29) is 11.5 Å². The maximum absolute atomic E-state index is 9.43. The smallest absolute Gasteiger partial charge is 0.128 e. The molecule has 0 rings (SSSR count). The highest BCUT2D eigenvalue weighted by Gasteiger charge is 1.95. The molecule has 0 unspecified atom stereocenters. The molecule has 2 N–H and O–H groups in total. The summed E-state index contributed by atoms with van der Waals surface area (Å²) in [4.78, 5) is 0. The maximum atomic E-state index is 9.43. The summed E-state index contributed by atoms with van der Waals surface area (Å²) in [6.45, 7) is 4.24. The number of allylic oxidation sites excluding steroid dienone is 2. The number of hydrogen-bond donors (Lipinski definition) is 2. The Morgan fingerprint density at radius 1 is 0.824 bits per heavy atom. The van der Waals surface area contributed by atoms with E-state index in [4.69, 9.17) is 4.74 Å². The van der Waals surface area contributed by atoms with Gasteiger partial charge in [-0.25, -0.2) is 0 Å². The minimum atomic E-state index is 0.232. The maximum Gasteiger partial charge on any atom is 0.128 e. The molecule has 0 spiro atoms. The monoisotopic (exact) mass is 242 g/mol. The highest BCUT2D eigenvalue weighted by molar-refractivity contribution is 4.90. The number of aliphatic hydroxyl groups excluding tert-OH is 2. The van der Waals surface area contributed by atoms with E-state index >= 15 is 0 Å². The molecule has 0 aliphatic heterocycles. The third kappa shape index (κ3) is 11.1. The fraction of sp³-hybridized carbons (Fsp3) is 0.714. The molecule has 0 aliphatic rings. The molecule has 0 saturated carbocycles. The Bertz CT molecular complexity index is 208. The van der Waals surface area contributed by atoms with Crippen LogP contribution in [0.5, 0.6) is 0 Å². The Morgan fingerprint density at radius 2 is 1.24 bits per heavy atom. The summed E-state index contributed by atoms with van der Waals surface area (Å²) in [5.41, 5.74) is 0. The molecule has 100 valence electrons. The van der Waals surface area contributed by atoms with Crippen LogP contribution in [-0.4, -0.2) is 10.2 Å². The van der Waals surface area contributed by atoms with Crippen LogP contribution >= 0.6 is 0 Å². The van der Waals surface area contributed by atoms with E-state index < -0.39 is 0 Å². The summed E-state index contributed by atoms with van der Waals surface area (Å²) in [7, 11) is 0. The first-order valence-electron chi connectivity index (χ1n) is 6.62. The SMILES string of the molecule is CCCCCC(O)=COC=C(O)CCCCC. The van der Waals surface area contributed by atoms with E-state index in [1.807, 2.05) is 0 Å². The van der Waals surface area contributed by atoms with Crippen LogP contribution in [0.15, 0.2) is 24.0 Å². The molecular formula is C14H26O3. The summed E-state index contributed by atoms with van der Waals surface area (Å²) in [5, 5.41) is 18.9. The minimum Gasteiger partial charge on any atom is -0.509 e. The van der Waals surface area contributed by atoms with Gasteiger partial charge >= 0.3 is 0 Å². The van der Waals surface area contributed by atoms with Crippen LogP contribution < -0.4 is 0 Å². The summed E-state index contributed by atoms with van der Waals surface area (Å²) >= 11 is 0. The van der Waals surface area contributed by atoms with Crippen molar-refractivity contribution in [2.75, 3.05) is 0 Å². The van der Waals surface area contributed by atoms with Gasteiger partial charge in [0.25, 0.3) is 0 Å². The van der Waals surface area contributed by atoms with E-state index in [2.05, 4.69) is 13.8 Å². The first-order chi connectivity index (χ1) is 8.20. The highest BCUT2D eigenvalue weighted by Crippen LogP contribution is 2.08. The largest absolute Gasteiger partial charge is 0.509 e. The topological polar surface area (TPSA) is 49.7 Å². The average Bonchev–Trinajstić information content (AvgIpc) is 2.30. The van der Waals surface area contributed by atoms with Gasteiger partial charge in [0.2, 0.25) is 0 Å². The third-order valence-electron chi connectivity index (χ3n) is 2.48. The predicted molar refractivity (Wildman–Crippen MR) is 70.8 cm³/mol. The molecule has 0 bridgehead atoms. The van der Waals surface area contributed by atoms with Crippen molar-refractivity contribution < 1.29 is 14.9 Å². The lowest BCUT2D eigenvalue weighted by atomic mass is 10.2. The van der Waals surface area contributed by atoms with Gasteiger partial charge in [0.1, 0.15) is 24.0 Å². The summed E-state index contributed by atoms with van der Waals surface area (Å²) in [6, 6.07) is 0. The zero-order valence-corrected chi connectivity index (χ0v) is 11.1. The predicted octanol–water partition coefficient (Wildman–Crippen LogP) is 4.96. The molecule has 0 aromatic carbocycles. The van der Waals surface area contributed by atoms with Crippen molar-refractivity contribution in [2.24, 2.45) is 0 Å². The summed E-state index contributed by atoms with van der Waals surface area (Å²) < 4.78 is 4.99. The van der Waals surface area contributed by atoms with Crippen molar-refractivity contribution in [3.63, 3.8) is 0 Å². The highest BCUT2D eigenvalue weighted by atomic mass is 16.5. The fourth-order valence-corrected chi connectivity index (χ4v) is 1.42. The molecule has 17 heavy (non-hydrogen) atoms. The van der Waals surface area contributed by atoms with Crippen molar-refractivity contribution in [1.29, 1.82) is 0 Å². The second-order valence-electron chi connectivity index (χ2n) is 4.27. The van der Waals surface area contributed by atoms with E-state index in [1.54, 1.807) is 0 Å². The van der Waals surface area contributed by atoms with Crippen molar-refractivity contribution in [1.82, 2.24) is 0 Å². The van der Waals surface area contributed by atoms with Crippen LogP contribution in [0.4, 0.5) is 0 Å². The van der Waals surface area contributed by atoms with Crippen LogP contribution in [0.2, 0.25) is 0 Å². The fourth-order valence-electron chi connectivity index (χ4n) is 1.42. The van der Waals surface area contributed by atoms with Crippen molar-refractivity contribution in [3.8, 4) is 0 Å². The molecule has 0 saturated heterocycles. The first kappa shape index (κ1) is 15.9. The Kier molecular flexibility index (Phi) is 10.6. The third-order valence-corrected chi connectivity index (χ3v) is 2.48. The van der Waals surface area contributed by atoms with Crippen LogP contribution in [-0.2, 0) is 4.74 Å². The van der Waals surface area contributed by atoms with Crippen molar-refractivity contribution >= 4 is 0 Å². The number of hydrogen-bond acceptors (Lipinski definition) is 3. The lowest BCUT2D eigenvalue weighted by molar-refractivity contribution is 0.292. The molecule has 0 radical (unpaired) electrons. The Balaban J connectivity index is 3.69. The van der Waals surface area contributed by atoms with Gasteiger partial charge in [0.05, 0.1) is 0 Å². The second kappa shape index (κ2) is 11.4. The van der Waals surface area contributed by atoms with Crippen molar-refractivity contribution in [3.05, 3.63) is 24.0 Å². The molecule has 0 heterocycles. The minimum absolute atomic E-state index is 0.232. The van der Waals surface area contributed by atoms with Gasteiger partial charge < -0.3 is 14.9 Å². The first-order valence-corrected chi connectivity index (χ1v) is 6.62. The second-order valence-corrected chi connectivity index (χ2v) is 4.27. The Hall–Kier alpha value is -1.12. The van der Waals surface area contributed by atoms with Gasteiger partial charge in [0.15, 0.2) is 0 Å². The average molecular weight is 242 g/mol. The molecule has 3 nitrogen and oxygen atoms in total. The van der Waals surface area contributed by atoms with Gasteiger partial charge in [-0.3, -0.25) is 0 Å². The van der Waals surface area contributed by atoms with Crippen LogP contribution in [0.25, 0.3) is 0 Å². The van der Waals surface area contributed by atoms with Gasteiger partial charge in [-0.15, -0.1) is 0 Å². The molecule has 0 atom stereocenters. The van der Waals surface area contributed by atoms with Crippen molar-refractivity contribution in [2.45, 2.75) is 65.2 Å². The van der Waals surface area contributed by atoms with Crippen LogP contribution in [0.3, 0.4) is 0 Å². The number of ether oxygens (including phenoxy) is 1. The van der Waals surface area contributed by atoms with Crippen LogP contribution in [0.1, 0.15) is 65.2 Å². The Labute approximate surface area is 105 Å². The molecule has 0 aromatic rings. The van der Waals surface area contributed by atoms with E-state index in [0.717, 1.165) is 38.5 Å². The summed E-state index contributed by atoms with van der Waals surface area (Å²) in [5.74, 6) is 0.465. The molecule has 0 aromatic heterocycles. The number of rotatable bonds is 10. The zero-order valence-electron chi connectivity index (χ0n) is 11.1. The van der Waals surface area contributed by atoms with Gasteiger partial charge in [-0.2, -0.15) is 0 Å². The molecule has 0 fully saturated rings.